The molecule has 33 heavy (non-hydrogen) atoms. The van der Waals surface area contributed by atoms with E-state index < -0.39 is 0 Å². The Bertz CT molecular complexity index is 1600. The second-order valence-electron chi connectivity index (χ2n) is 7.42. The SMILES string of the molecule is O=C(Nc1ccc(-c2ccc3nnc(-c4cccnc4)n3n2)cc1)c1ccc2nc[nH]c2c1. The molecule has 0 spiro atoms. The zero-order chi connectivity index (χ0) is 22.2. The number of hydrogen-bond acceptors (Lipinski definition) is 6. The van der Waals surface area contributed by atoms with E-state index in [0.29, 0.717) is 22.7 Å². The molecular formula is C24H16N8O. The predicted molar refractivity (Wildman–Crippen MR) is 123 cm³/mol. The Labute approximate surface area is 187 Å². The van der Waals surface area contributed by atoms with E-state index in [9.17, 15) is 4.79 Å². The molecule has 4 heterocycles. The fraction of sp³-hybridized carbons (Fsp3) is 0. The normalized spacial score (nSPS) is 11.2. The molecule has 0 bridgehead atoms. The van der Waals surface area contributed by atoms with Crippen molar-refractivity contribution in [2.45, 2.75) is 0 Å². The van der Waals surface area contributed by atoms with E-state index in [0.717, 1.165) is 27.9 Å². The topological polar surface area (TPSA) is 114 Å². The number of imidazole rings is 1. The van der Waals surface area contributed by atoms with Crippen LogP contribution in [0.4, 0.5) is 5.69 Å². The average molecular weight is 432 g/mol. The molecule has 158 valence electrons. The number of pyridine rings is 1. The maximum absolute atomic E-state index is 12.6. The van der Waals surface area contributed by atoms with Crippen LogP contribution in [0, 0.1) is 0 Å². The van der Waals surface area contributed by atoms with Crippen LogP contribution < -0.4 is 5.32 Å². The largest absolute Gasteiger partial charge is 0.345 e. The van der Waals surface area contributed by atoms with Crippen LogP contribution in [0.2, 0.25) is 0 Å². The standard InChI is InChI=1S/C24H16N8O/c33-24(16-5-8-20-21(12-16)27-14-26-20)28-18-6-3-15(4-7-18)19-9-10-22-29-30-23(32(22)31-19)17-2-1-11-25-13-17/h1-14H,(H,26,27)(H,28,33). The van der Waals surface area contributed by atoms with Crippen molar-refractivity contribution in [2.75, 3.05) is 5.32 Å². The zero-order valence-corrected chi connectivity index (χ0v) is 17.2. The molecule has 9 nitrogen and oxygen atoms in total. The molecule has 0 radical (unpaired) electrons. The van der Waals surface area contributed by atoms with Crippen LogP contribution in [0.25, 0.3) is 39.3 Å². The second kappa shape index (κ2) is 7.65. The molecule has 4 aromatic heterocycles. The molecule has 0 saturated carbocycles. The monoisotopic (exact) mass is 432 g/mol. The summed E-state index contributed by atoms with van der Waals surface area (Å²) >= 11 is 0. The van der Waals surface area contributed by atoms with Crippen molar-refractivity contribution in [3.8, 4) is 22.6 Å². The number of aromatic amines is 1. The Kier molecular flexibility index (Phi) is 4.36. The van der Waals surface area contributed by atoms with Gasteiger partial charge < -0.3 is 10.3 Å². The van der Waals surface area contributed by atoms with Gasteiger partial charge in [-0.1, -0.05) is 12.1 Å². The van der Waals surface area contributed by atoms with Crippen LogP contribution >= 0.6 is 0 Å². The second-order valence-corrected chi connectivity index (χ2v) is 7.42. The minimum absolute atomic E-state index is 0.190. The number of nitrogens with one attached hydrogen (secondary N) is 2. The Morgan fingerprint density at radius 2 is 1.85 bits per heavy atom. The highest BCUT2D eigenvalue weighted by molar-refractivity contribution is 6.06. The summed E-state index contributed by atoms with van der Waals surface area (Å²) in [6.07, 6.45) is 5.05. The molecule has 2 aromatic carbocycles. The number of H-pyrrole nitrogens is 1. The van der Waals surface area contributed by atoms with E-state index in [-0.39, 0.29) is 5.91 Å². The van der Waals surface area contributed by atoms with Crippen LogP contribution in [-0.4, -0.2) is 40.7 Å². The van der Waals surface area contributed by atoms with Gasteiger partial charge in [-0.3, -0.25) is 9.78 Å². The summed E-state index contributed by atoms with van der Waals surface area (Å²) in [5.74, 6) is 0.433. The summed E-state index contributed by atoms with van der Waals surface area (Å²) in [4.78, 5) is 24.0. The van der Waals surface area contributed by atoms with Gasteiger partial charge >= 0.3 is 0 Å². The van der Waals surface area contributed by atoms with E-state index >= 15 is 0 Å². The lowest BCUT2D eigenvalue weighted by Gasteiger charge is -2.07. The Hall–Kier alpha value is -4.92. The van der Waals surface area contributed by atoms with Gasteiger partial charge in [-0.2, -0.15) is 9.61 Å². The highest BCUT2D eigenvalue weighted by Gasteiger charge is 2.12. The molecule has 2 N–H and O–H groups in total. The fourth-order valence-electron chi connectivity index (χ4n) is 3.62. The molecule has 0 unspecified atom stereocenters. The van der Waals surface area contributed by atoms with Gasteiger partial charge in [0.25, 0.3) is 5.91 Å². The van der Waals surface area contributed by atoms with Crippen molar-refractivity contribution in [1.82, 2.24) is 34.8 Å². The Morgan fingerprint density at radius 1 is 0.939 bits per heavy atom. The van der Waals surface area contributed by atoms with E-state index in [1.165, 1.54) is 0 Å². The highest BCUT2D eigenvalue weighted by Crippen LogP contribution is 2.23. The molecule has 0 saturated heterocycles. The first-order chi connectivity index (χ1) is 16.2. The maximum atomic E-state index is 12.6. The van der Waals surface area contributed by atoms with Crippen LogP contribution in [0.15, 0.2) is 85.5 Å². The third-order valence-electron chi connectivity index (χ3n) is 5.30. The minimum atomic E-state index is -0.190. The summed E-state index contributed by atoms with van der Waals surface area (Å²) in [6.45, 7) is 0. The van der Waals surface area contributed by atoms with Crippen molar-refractivity contribution in [2.24, 2.45) is 0 Å². The smallest absolute Gasteiger partial charge is 0.255 e. The van der Waals surface area contributed by atoms with Gasteiger partial charge in [-0.25, -0.2) is 4.98 Å². The van der Waals surface area contributed by atoms with E-state index in [2.05, 4.69) is 30.5 Å². The van der Waals surface area contributed by atoms with E-state index in [4.69, 9.17) is 5.10 Å². The van der Waals surface area contributed by atoms with E-state index in [1.807, 2.05) is 54.6 Å². The van der Waals surface area contributed by atoms with Crippen molar-refractivity contribution in [1.29, 1.82) is 0 Å². The lowest BCUT2D eigenvalue weighted by atomic mass is 10.1. The van der Waals surface area contributed by atoms with Crippen LogP contribution in [0.3, 0.4) is 0 Å². The molecule has 1 amide bonds. The molecule has 6 rings (SSSR count). The number of carbonyl (C=O) groups excluding carboxylic acids is 1. The summed E-state index contributed by atoms with van der Waals surface area (Å²) in [6, 6.07) is 20.4. The number of nitrogens with zero attached hydrogens (tertiary/aromatic N) is 6. The first-order valence-electron chi connectivity index (χ1n) is 10.2. The van der Waals surface area contributed by atoms with Crippen LogP contribution in [0.1, 0.15) is 10.4 Å². The summed E-state index contributed by atoms with van der Waals surface area (Å²) in [5.41, 5.74) is 6.03. The number of amides is 1. The molecule has 6 aromatic rings. The number of hydrogen-bond donors (Lipinski definition) is 2. The molecule has 0 atom stereocenters. The first-order valence-corrected chi connectivity index (χ1v) is 10.2. The number of aromatic nitrogens is 7. The number of benzene rings is 2. The van der Waals surface area contributed by atoms with Gasteiger partial charge in [0, 0.05) is 34.8 Å². The van der Waals surface area contributed by atoms with E-state index in [1.54, 1.807) is 35.4 Å². The zero-order valence-electron chi connectivity index (χ0n) is 17.2. The summed E-state index contributed by atoms with van der Waals surface area (Å²) in [5, 5.41) is 16.1. The highest BCUT2D eigenvalue weighted by atomic mass is 16.1. The number of carbonyl (C=O) groups is 1. The Morgan fingerprint density at radius 3 is 2.70 bits per heavy atom. The van der Waals surface area contributed by atoms with Crippen molar-refractivity contribution < 1.29 is 4.79 Å². The number of rotatable bonds is 4. The number of fused-ring (bicyclic) bond motifs is 2. The predicted octanol–water partition coefficient (Wildman–Crippen LogP) is 3.98. The van der Waals surface area contributed by atoms with Crippen LogP contribution in [-0.2, 0) is 0 Å². The maximum Gasteiger partial charge on any atom is 0.255 e. The first kappa shape index (κ1) is 18.8. The third kappa shape index (κ3) is 3.47. The summed E-state index contributed by atoms with van der Waals surface area (Å²) < 4.78 is 1.70. The van der Waals surface area contributed by atoms with Crippen molar-refractivity contribution in [3.63, 3.8) is 0 Å². The lowest BCUT2D eigenvalue weighted by Crippen LogP contribution is -2.11. The average Bonchev–Trinajstić information content (AvgIpc) is 3.51. The van der Waals surface area contributed by atoms with Gasteiger partial charge in [0.1, 0.15) is 0 Å². The third-order valence-corrected chi connectivity index (χ3v) is 5.30. The molecule has 0 aliphatic heterocycles. The van der Waals surface area contributed by atoms with Gasteiger partial charge in [-0.15, -0.1) is 10.2 Å². The molecule has 0 fully saturated rings. The minimum Gasteiger partial charge on any atom is -0.345 e. The fourth-order valence-corrected chi connectivity index (χ4v) is 3.62. The van der Waals surface area contributed by atoms with Gasteiger partial charge in [0.2, 0.25) is 0 Å². The number of anilines is 1. The molecule has 9 heteroatoms. The molecule has 0 aliphatic carbocycles. The van der Waals surface area contributed by atoms with Gasteiger partial charge in [0.05, 0.1) is 23.1 Å². The quantitative estimate of drug-likeness (QED) is 0.436. The molecule has 0 aliphatic rings. The summed E-state index contributed by atoms with van der Waals surface area (Å²) in [7, 11) is 0. The van der Waals surface area contributed by atoms with Crippen molar-refractivity contribution in [3.05, 3.63) is 91.0 Å². The van der Waals surface area contributed by atoms with Crippen molar-refractivity contribution >= 4 is 28.3 Å². The van der Waals surface area contributed by atoms with Gasteiger partial charge in [0.15, 0.2) is 11.5 Å². The molecular weight excluding hydrogens is 416 g/mol. The Balaban J connectivity index is 1.26. The van der Waals surface area contributed by atoms with Gasteiger partial charge in [-0.05, 0) is 54.6 Å². The van der Waals surface area contributed by atoms with Crippen LogP contribution in [0.5, 0.6) is 0 Å². The lowest BCUT2D eigenvalue weighted by molar-refractivity contribution is 0.102.